The zero-order valence-electron chi connectivity index (χ0n) is 42.9. The quantitative estimate of drug-likeness (QED) is 0.0272. The number of allylic oxidation sites excluding steroid dienone is 11. The second kappa shape index (κ2) is 47.0. The first kappa shape index (κ1) is 62.9. The lowest BCUT2D eigenvalue weighted by Gasteiger charge is -2.29. The monoisotopic (exact) mass is 931 g/mol. The Kier molecular flexibility index (Phi) is 45.5. The van der Waals surface area contributed by atoms with E-state index in [-0.39, 0.29) is 19.1 Å². The molecular weight excluding hydrogens is 828 g/mol. The molecule has 0 saturated heterocycles. The van der Waals surface area contributed by atoms with Crippen molar-refractivity contribution in [2.45, 2.75) is 238 Å². The molecule has 0 fully saturated rings. The van der Waals surface area contributed by atoms with Gasteiger partial charge in [-0.05, 0) is 64.2 Å². The number of carbonyl (C=O) groups is 1. The number of aliphatic hydroxyl groups excluding tert-OH is 1. The lowest BCUT2D eigenvalue weighted by atomic mass is 10.0. The van der Waals surface area contributed by atoms with E-state index < -0.39 is 20.0 Å². The van der Waals surface area contributed by atoms with Gasteiger partial charge >= 0.3 is 0 Å². The summed E-state index contributed by atoms with van der Waals surface area (Å²) in [5.74, 6) is -0.203. The summed E-state index contributed by atoms with van der Waals surface area (Å²) in [6, 6.07) is -0.883. The number of amides is 1. The van der Waals surface area contributed by atoms with Crippen molar-refractivity contribution in [3.8, 4) is 0 Å². The van der Waals surface area contributed by atoms with E-state index in [0.29, 0.717) is 17.4 Å². The van der Waals surface area contributed by atoms with E-state index in [1.807, 2.05) is 27.2 Å². The molecule has 0 heterocycles. The van der Waals surface area contributed by atoms with E-state index in [2.05, 4.69) is 79.9 Å². The fourth-order valence-corrected chi connectivity index (χ4v) is 8.20. The molecule has 3 unspecified atom stereocenters. The van der Waals surface area contributed by atoms with Crippen molar-refractivity contribution in [2.24, 2.45) is 0 Å². The summed E-state index contributed by atoms with van der Waals surface area (Å²) in [5, 5.41) is 13.6. The van der Waals surface area contributed by atoms with Gasteiger partial charge in [0.25, 0.3) is 7.82 Å². The lowest BCUT2D eigenvalue weighted by Crippen LogP contribution is -2.45. The van der Waals surface area contributed by atoms with E-state index in [1.165, 1.54) is 128 Å². The van der Waals surface area contributed by atoms with Gasteiger partial charge in [0.05, 0.1) is 39.9 Å². The molecule has 0 rings (SSSR count). The maximum Gasteiger partial charge on any atom is 0.268 e. The normalized spacial score (nSPS) is 14.6. The molecule has 0 aromatic heterocycles. The number of quaternary nitrogens is 1. The molecule has 0 aliphatic rings. The Balaban J connectivity index is 3.79. The van der Waals surface area contributed by atoms with Gasteiger partial charge in [-0.15, -0.1) is 0 Å². The minimum absolute atomic E-state index is 0.00222. The summed E-state index contributed by atoms with van der Waals surface area (Å²) in [5.41, 5.74) is 0. The van der Waals surface area contributed by atoms with Crippen LogP contribution in [0.25, 0.3) is 0 Å². The third kappa shape index (κ3) is 49.7. The van der Waals surface area contributed by atoms with E-state index in [4.69, 9.17) is 9.05 Å². The molecule has 0 aromatic carbocycles. The second-order valence-corrected chi connectivity index (χ2v) is 20.6. The van der Waals surface area contributed by atoms with Crippen molar-refractivity contribution in [3.05, 3.63) is 72.9 Å². The molecule has 0 saturated carbocycles. The topological polar surface area (TPSA) is 108 Å². The molecule has 65 heavy (non-hydrogen) atoms. The summed E-state index contributed by atoms with van der Waals surface area (Å²) in [7, 11) is 1.26. The SMILES string of the molecule is CC/C=C\C/C=C\C/C=C\C/C=C\C/C=C\CCCCCCCCCCCCCCCCCCCCCCCC(=O)NC(COP(=O)([O-])OCC[N+](C)(C)C)C(O)/C=C/CCCCCC. The molecule has 0 spiro atoms. The van der Waals surface area contributed by atoms with Crippen LogP contribution in [0.1, 0.15) is 226 Å². The van der Waals surface area contributed by atoms with Crippen LogP contribution in [-0.2, 0) is 18.4 Å². The number of hydrogen-bond donors (Lipinski definition) is 2. The average molecular weight is 931 g/mol. The van der Waals surface area contributed by atoms with Crippen LogP contribution in [0.4, 0.5) is 0 Å². The molecule has 0 aromatic rings. The number of rotatable bonds is 48. The van der Waals surface area contributed by atoms with Crippen molar-refractivity contribution in [2.75, 3.05) is 40.9 Å². The first-order chi connectivity index (χ1) is 31.5. The highest BCUT2D eigenvalue weighted by Gasteiger charge is 2.23. The predicted octanol–water partition coefficient (Wildman–Crippen LogP) is 15.3. The van der Waals surface area contributed by atoms with Gasteiger partial charge in [0.2, 0.25) is 5.91 Å². The molecule has 1 amide bonds. The molecule has 0 bridgehead atoms. The van der Waals surface area contributed by atoms with E-state index in [1.54, 1.807) is 6.08 Å². The molecule has 0 aliphatic heterocycles. The van der Waals surface area contributed by atoms with Crippen LogP contribution in [0.15, 0.2) is 72.9 Å². The largest absolute Gasteiger partial charge is 0.756 e. The number of phosphoric ester groups is 1. The number of hydrogen-bond acceptors (Lipinski definition) is 6. The van der Waals surface area contributed by atoms with Crippen molar-refractivity contribution in [1.29, 1.82) is 0 Å². The lowest BCUT2D eigenvalue weighted by molar-refractivity contribution is -0.870. The molecule has 0 aliphatic carbocycles. The van der Waals surface area contributed by atoms with Gasteiger partial charge in [0, 0.05) is 6.42 Å². The van der Waals surface area contributed by atoms with Crippen LogP contribution in [0.3, 0.4) is 0 Å². The number of nitrogens with one attached hydrogen (secondary N) is 1. The Bertz CT molecular complexity index is 1290. The number of aliphatic hydroxyl groups is 1. The van der Waals surface area contributed by atoms with Gasteiger partial charge in [-0.1, -0.05) is 228 Å². The summed E-state index contributed by atoms with van der Waals surface area (Å²) >= 11 is 0. The summed E-state index contributed by atoms with van der Waals surface area (Å²) < 4.78 is 23.1. The van der Waals surface area contributed by atoms with Crippen LogP contribution in [-0.4, -0.2) is 68.5 Å². The van der Waals surface area contributed by atoms with Crippen LogP contribution in [0.5, 0.6) is 0 Å². The van der Waals surface area contributed by atoms with Crippen molar-refractivity contribution < 1.29 is 32.9 Å². The maximum absolute atomic E-state index is 12.8. The number of carbonyl (C=O) groups excluding carboxylic acids is 1. The number of unbranched alkanes of at least 4 members (excludes halogenated alkanes) is 25. The van der Waals surface area contributed by atoms with Crippen molar-refractivity contribution >= 4 is 13.7 Å². The zero-order chi connectivity index (χ0) is 47.8. The van der Waals surface area contributed by atoms with Gasteiger partial charge in [0.1, 0.15) is 13.2 Å². The summed E-state index contributed by atoms with van der Waals surface area (Å²) in [6.45, 7) is 4.45. The third-order valence-electron chi connectivity index (χ3n) is 11.7. The van der Waals surface area contributed by atoms with Gasteiger partial charge in [0.15, 0.2) is 0 Å². The highest BCUT2D eigenvalue weighted by atomic mass is 31.2. The fourth-order valence-electron chi connectivity index (χ4n) is 7.47. The smallest absolute Gasteiger partial charge is 0.268 e. The fraction of sp³-hybridized carbons (Fsp3) is 0.768. The standard InChI is InChI=1S/C56H103N2O6P/c1-6-8-10-12-14-15-16-17-18-19-20-21-22-23-24-25-26-27-28-29-30-31-32-33-34-35-36-37-38-39-40-41-42-43-44-46-48-50-56(60)57-54(55(59)49-47-45-13-11-9-7-2)53-64-65(61,62)63-52-51-58(3,4)5/h8,10,14-15,17-18,20-21,23-24,47,49,54-55,59H,6-7,9,11-13,16,19,22,25-46,48,50-53H2,1-5H3,(H-,57,60,61,62)/b10-8-,15-14-,18-17-,21-20-,24-23-,49-47+. The van der Waals surface area contributed by atoms with Crippen LogP contribution < -0.4 is 10.2 Å². The molecule has 9 heteroatoms. The van der Waals surface area contributed by atoms with Crippen molar-refractivity contribution in [1.82, 2.24) is 5.32 Å². The van der Waals surface area contributed by atoms with Gasteiger partial charge in [-0.2, -0.15) is 0 Å². The van der Waals surface area contributed by atoms with Gasteiger partial charge in [-0.3, -0.25) is 9.36 Å². The van der Waals surface area contributed by atoms with Crippen LogP contribution in [0.2, 0.25) is 0 Å². The van der Waals surface area contributed by atoms with Gasteiger partial charge < -0.3 is 28.8 Å². The van der Waals surface area contributed by atoms with Crippen LogP contribution >= 0.6 is 7.82 Å². The predicted molar refractivity (Wildman–Crippen MR) is 279 cm³/mol. The molecule has 2 N–H and O–H groups in total. The maximum atomic E-state index is 12.8. The van der Waals surface area contributed by atoms with Crippen molar-refractivity contribution in [3.63, 3.8) is 0 Å². The first-order valence-corrected chi connectivity index (χ1v) is 28.3. The highest BCUT2D eigenvalue weighted by molar-refractivity contribution is 7.45. The second-order valence-electron chi connectivity index (χ2n) is 19.2. The zero-order valence-corrected chi connectivity index (χ0v) is 43.8. The third-order valence-corrected chi connectivity index (χ3v) is 12.6. The van der Waals surface area contributed by atoms with E-state index in [0.717, 1.165) is 77.0 Å². The minimum atomic E-state index is -4.58. The first-order valence-electron chi connectivity index (χ1n) is 26.8. The molecule has 378 valence electrons. The Hall–Kier alpha value is -2.06. The molecule has 0 radical (unpaired) electrons. The highest BCUT2D eigenvalue weighted by Crippen LogP contribution is 2.38. The Morgan fingerprint density at radius 2 is 0.938 bits per heavy atom. The van der Waals surface area contributed by atoms with E-state index >= 15 is 0 Å². The Morgan fingerprint density at radius 3 is 1.37 bits per heavy atom. The number of nitrogens with zero attached hydrogens (tertiary/aromatic N) is 1. The molecule has 3 atom stereocenters. The number of likely N-dealkylation sites (N-methyl/N-ethyl adjacent to an activating group) is 1. The average Bonchev–Trinajstić information content (AvgIpc) is 3.26. The Morgan fingerprint density at radius 1 is 0.554 bits per heavy atom. The number of phosphoric acid groups is 1. The molecule has 8 nitrogen and oxygen atoms in total. The Labute approximate surface area is 402 Å². The summed E-state index contributed by atoms with van der Waals surface area (Å²) in [6.07, 6.45) is 64.6. The van der Waals surface area contributed by atoms with Crippen LogP contribution in [0, 0.1) is 0 Å². The van der Waals surface area contributed by atoms with E-state index in [9.17, 15) is 19.4 Å². The minimum Gasteiger partial charge on any atom is -0.756 e. The van der Waals surface area contributed by atoms with Gasteiger partial charge in [-0.25, -0.2) is 0 Å². The summed E-state index contributed by atoms with van der Waals surface area (Å²) in [4.78, 5) is 25.2. The molecular formula is C56H103N2O6P.